The van der Waals surface area contributed by atoms with E-state index in [4.69, 9.17) is 29.9 Å². The highest BCUT2D eigenvalue weighted by Gasteiger charge is 2.15. The van der Waals surface area contributed by atoms with Crippen LogP contribution in [0.25, 0.3) is 0 Å². The first-order valence-electron chi connectivity index (χ1n) is 8.68. The molecule has 11 nitrogen and oxygen atoms in total. The average molecular weight is 439 g/mol. The van der Waals surface area contributed by atoms with Crippen molar-refractivity contribution in [3.63, 3.8) is 0 Å². The van der Waals surface area contributed by atoms with Crippen molar-refractivity contribution in [1.29, 1.82) is 0 Å². The number of aromatic nitrogens is 1. The largest absolute Gasteiger partial charge is 0.478 e. The van der Waals surface area contributed by atoms with Gasteiger partial charge >= 0.3 is 23.9 Å². The maximum atomic E-state index is 11.2. The Morgan fingerprint density at radius 2 is 0.875 bits per heavy atom. The van der Waals surface area contributed by atoms with Crippen molar-refractivity contribution in [2.24, 2.45) is 0 Å². The topological polar surface area (TPSA) is 181 Å². The van der Waals surface area contributed by atoms with E-state index in [1.807, 2.05) is 0 Å². The lowest BCUT2D eigenvalue weighted by molar-refractivity contribution is 0.0676. The molecule has 0 fully saturated rings. The van der Waals surface area contributed by atoms with Gasteiger partial charge < -0.3 is 29.9 Å². The van der Waals surface area contributed by atoms with Crippen LogP contribution in [0.15, 0.2) is 54.6 Å². The summed E-state index contributed by atoms with van der Waals surface area (Å²) in [6.45, 7) is 0. The van der Waals surface area contributed by atoms with Crippen molar-refractivity contribution in [1.82, 2.24) is 4.98 Å². The van der Waals surface area contributed by atoms with Crippen molar-refractivity contribution in [2.45, 2.75) is 0 Å². The fraction of sp³-hybridized carbons (Fsp3) is 0. The lowest BCUT2D eigenvalue weighted by atomic mass is 10.1. The standard InChI is InChI=1S/C21H13NO10/c23-18(24)10-4-11(19(25)26)7-14(6-10)31-16-2-1-3-17(22-16)32-15-8-12(20(27)28)5-13(9-15)21(29)30/h1-9H,(H,23,24)(H,25,26)(H,27,28)(H,29,30). The van der Waals surface area contributed by atoms with Crippen LogP contribution < -0.4 is 9.47 Å². The van der Waals surface area contributed by atoms with Crippen LogP contribution in [-0.2, 0) is 0 Å². The second-order valence-electron chi connectivity index (χ2n) is 6.23. The van der Waals surface area contributed by atoms with Gasteiger partial charge in [-0.2, -0.15) is 4.98 Å². The lowest BCUT2D eigenvalue weighted by Crippen LogP contribution is -2.04. The summed E-state index contributed by atoms with van der Waals surface area (Å²) in [5.41, 5.74) is -1.23. The van der Waals surface area contributed by atoms with Gasteiger partial charge in [0.15, 0.2) is 0 Å². The zero-order valence-corrected chi connectivity index (χ0v) is 15.9. The summed E-state index contributed by atoms with van der Waals surface area (Å²) in [7, 11) is 0. The second kappa shape index (κ2) is 8.83. The summed E-state index contributed by atoms with van der Waals surface area (Å²) < 4.78 is 10.9. The summed E-state index contributed by atoms with van der Waals surface area (Å²) in [6, 6.07) is 10.6. The summed E-state index contributed by atoms with van der Waals surface area (Å²) in [4.78, 5) is 48.9. The number of nitrogens with zero attached hydrogens (tertiary/aromatic N) is 1. The lowest BCUT2D eigenvalue weighted by Gasteiger charge is -2.10. The molecule has 0 spiro atoms. The van der Waals surface area contributed by atoms with Gasteiger partial charge in [-0.15, -0.1) is 0 Å². The number of pyridine rings is 1. The van der Waals surface area contributed by atoms with Crippen LogP contribution in [-0.4, -0.2) is 49.3 Å². The molecule has 32 heavy (non-hydrogen) atoms. The van der Waals surface area contributed by atoms with Crippen LogP contribution in [0.5, 0.6) is 23.3 Å². The molecular weight excluding hydrogens is 426 g/mol. The van der Waals surface area contributed by atoms with Crippen molar-refractivity contribution in [3.05, 3.63) is 76.9 Å². The van der Waals surface area contributed by atoms with Crippen molar-refractivity contribution in [2.75, 3.05) is 0 Å². The quantitative estimate of drug-likeness (QED) is 0.403. The second-order valence-corrected chi connectivity index (χ2v) is 6.23. The van der Waals surface area contributed by atoms with E-state index in [-0.39, 0.29) is 45.5 Å². The molecule has 0 bridgehead atoms. The molecule has 0 aliphatic heterocycles. The monoisotopic (exact) mass is 439 g/mol. The Bertz CT molecular complexity index is 1090. The first kappa shape index (κ1) is 21.8. The Morgan fingerprint density at radius 1 is 0.562 bits per heavy atom. The third kappa shape index (κ3) is 5.16. The zero-order chi connectivity index (χ0) is 23.4. The minimum absolute atomic E-state index is 0.0887. The molecule has 11 heteroatoms. The molecule has 0 radical (unpaired) electrons. The van der Waals surface area contributed by atoms with Crippen LogP contribution in [0, 0.1) is 0 Å². The Kier molecular flexibility index (Phi) is 6.01. The average Bonchev–Trinajstić information content (AvgIpc) is 2.73. The molecule has 1 aromatic heterocycles. The van der Waals surface area contributed by atoms with Crippen LogP contribution in [0.1, 0.15) is 41.4 Å². The highest BCUT2D eigenvalue weighted by atomic mass is 16.5. The normalized spacial score (nSPS) is 10.2. The summed E-state index contributed by atoms with van der Waals surface area (Å²) in [5.74, 6) is -5.79. The number of benzene rings is 2. The number of ether oxygens (including phenoxy) is 2. The SMILES string of the molecule is O=C(O)c1cc(Oc2cccc(Oc3cc(C(=O)O)cc(C(=O)O)c3)n2)cc(C(=O)O)c1. The molecule has 0 aliphatic carbocycles. The number of rotatable bonds is 8. The minimum atomic E-state index is -1.35. The Labute approximate surface area is 178 Å². The van der Waals surface area contributed by atoms with Crippen LogP contribution in [0.2, 0.25) is 0 Å². The van der Waals surface area contributed by atoms with Crippen molar-refractivity contribution in [3.8, 4) is 23.3 Å². The van der Waals surface area contributed by atoms with Crippen LogP contribution in [0.3, 0.4) is 0 Å². The number of hydrogen-bond donors (Lipinski definition) is 4. The van der Waals surface area contributed by atoms with Gasteiger partial charge in [0.05, 0.1) is 22.3 Å². The molecule has 0 saturated heterocycles. The molecule has 4 N–H and O–H groups in total. The Hall–Kier alpha value is -4.93. The Balaban J connectivity index is 1.90. The van der Waals surface area contributed by atoms with E-state index in [1.54, 1.807) is 0 Å². The number of carbonyl (C=O) groups is 4. The van der Waals surface area contributed by atoms with Gasteiger partial charge in [0.2, 0.25) is 11.8 Å². The predicted octanol–water partition coefficient (Wildman–Crippen LogP) is 3.46. The molecule has 1 heterocycles. The highest BCUT2D eigenvalue weighted by molar-refractivity contribution is 5.95. The number of carboxylic acid groups (broad SMARTS) is 4. The molecule has 0 saturated carbocycles. The van der Waals surface area contributed by atoms with Crippen LogP contribution >= 0.6 is 0 Å². The molecule has 0 aliphatic rings. The first-order chi connectivity index (χ1) is 15.1. The smallest absolute Gasteiger partial charge is 0.335 e. The fourth-order valence-electron chi connectivity index (χ4n) is 2.56. The fourth-order valence-corrected chi connectivity index (χ4v) is 2.56. The molecule has 0 unspecified atom stereocenters. The molecule has 0 amide bonds. The van der Waals surface area contributed by atoms with Crippen molar-refractivity contribution < 1.29 is 49.1 Å². The zero-order valence-electron chi connectivity index (χ0n) is 15.9. The molecule has 2 aromatic carbocycles. The van der Waals surface area contributed by atoms with E-state index in [1.165, 1.54) is 18.2 Å². The molecule has 3 aromatic rings. The van der Waals surface area contributed by atoms with E-state index < -0.39 is 23.9 Å². The predicted molar refractivity (Wildman–Crippen MR) is 105 cm³/mol. The van der Waals surface area contributed by atoms with E-state index in [0.717, 1.165) is 36.4 Å². The molecule has 3 rings (SSSR count). The number of aromatic carboxylic acids is 4. The number of hydrogen-bond acceptors (Lipinski definition) is 7. The third-order valence-electron chi connectivity index (χ3n) is 3.94. The van der Waals surface area contributed by atoms with Crippen LogP contribution in [0.4, 0.5) is 0 Å². The maximum Gasteiger partial charge on any atom is 0.335 e. The summed E-state index contributed by atoms with van der Waals surface area (Å²) in [5, 5.41) is 36.6. The maximum absolute atomic E-state index is 11.2. The summed E-state index contributed by atoms with van der Waals surface area (Å²) >= 11 is 0. The van der Waals surface area contributed by atoms with Gasteiger partial charge in [0, 0.05) is 12.1 Å². The molecule has 162 valence electrons. The molecule has 0 atom stereocenters. The minimum Gasteiger partial charge on any atom is -0.478 e. The third-order valence-corrected chi connectivity index (χ3v) is 3.94. The van der Waals surface area contributed by atoms with Gasteiger partial charge in [-0.3, -0.25) is 0 Å². The first-order valence-corrected chi connectivity index (χ1v) is 8.68. The number of carboxylic acids is 4. The Morgan fingerprint density at radius 3 is 1.16 bits per heavy atom. The van der Waals surface area contributed by atoms with Gasteiger partial charge in [-0.25, -0.2) is 19.2 Å². The van der Waals surface area contributed by atoms with E-state index in [9.17, 15) is 19.2 Å². The summed E-state index contributed by atoms with van der Waals surface area (Å²) in [6.07, 6.45) is 0. The molecular formula is C21H13NO10. The van der Waals surface area contributed by atoms with Gasteiger partial charge in [0.25, 0.3) is 0 Å². The van der Waals surface area contributed by atoms with E-state index in [2.05, 4.69) is 4.98 Å². The van der Waals surface area contributed by atoms with Gasteiger partial charge in [-0.05, 0) is 36.4 Å². The van der Waals surface area contributed by atoms with E-state index >= 15 is 0 Å². The van der Waals surface area contributed by atoms with Gasteiger partial charge in [0.1, 0.15) is 11.5 Å². The highest BCUT2D eigenvalue weighted by Crippen LogP contribution is 2.27. The van der Waals surface area contributed by atoms with E-state index in [0.29, 0.717) is 0 Å². The van der Waals surface area contributed by atoms with Gasteiger partial charge in [-0.1, -0.05) is 6.07 Å². The van der Waals surface area contributed by atoms with Crippen molar-refractivity contribution >= 4 is 23.9 Å².